The summed E-state index contributed by atoms with van der Waals surface area (Å²) in [7, 11) is 0. The van der Waals surface area contributed by atoms with Crippen molar-refractivity contribution in [3.8, 4) is 0 Å². The van der Waals surface area contributed by atoms with E-state index in [-0.39, 0.29) is 25.4 Å². The highest BCUT2D eigenvalue weighted by atomic mass is 16.6. The van der Waals surface area contributed by atoms with Gasteiger partial charge in [-0.15, -0.1) is 0 Å². The second-order valence-electron chi connectivity index (χ2n) is 8.40. The number of imide groups is 1. The summed E-state index contributed by atoms with van der Waals surface area (Å²) in [5.41, 5.74) is 8.63. The van der Waals surface area contributed by atoms with Gasteiger partial charge in [0.25, 0.3) is 0 Å². The lowest BCUT2D eigenvalue weighted by atomic mass is 10.00. The van der Waals surface area contributed by atoms with Gasteiger partial charge in [0.2, 0.25) is 5.91 Å². The van der Waals surface area contributed by atoms with Crippen LogP contribution in [0.4, 0.5) is 4.79 Å². The number of carbonyl (C=O) groups excluding carboxylic acids is 2. The average molecular weight is 452 g/mol. The fraction of sp³-hybridized carbons (Fsp3) is 0.320. The van der Waals surface area contributed by atoms with E-state index < -0.39 is 30.1 Å². The molecule has 3 rings (SSSR count). The Morgan fingerprint density at radius 1 is 1.06 bits per heavy atom. The summed E-state index contributed by atoms with van der Waals surface area (Å²) in [6.45, 7) is 3.55. The van der Waals surface area contributed by atoms with Crippen LogP contribution in [0.3, 0.4) is 0 Å². The Balaban J connectivity index is 1.83. The summed E-state index contributed by atoms with van der Waals surface area (Å²) in [5, 5.41) is 10.7. The highest BCUT2D eigenvalue weighted by molar-refractivity contribution is 5.99. The molecule has 0 bridgehead atoms. The lowest BCUT2D eigenvalue weighted by Crippen LogP contribution is -2.55. The van der Waals surface area contributed by atoms with Gasteiger partial charge in [-0.05, 0) is 36.0 Å². The molecule has 0 radical (unpaired) electrons. The fourth-order valence-corrected chi connectivity index (χ4v) is 3.73. The van der Waals surface area contributed by atoms with Crippen molar-refractivity contribution in [2.75, 3.05) is 0 Å². The van der Waals surface area contributed by atoms with Crippen molar-refractivity contribution in [3.63, 3.8) is 0 Å². The van der Waals surface area contributed by atoms with E-state index in [1.165, 1.54) is 0 Å². The maximum Gasteiger partial charge on any atom is 0.417 e. The minimum Gasteiger partial charge on any atom is -0.480 e. The summed E-state index contributed by atoms with van der Waals surface area (Å²) < 4.78 is 5.32. The first kappa shape index (κ1) is 24.0. The molecule has 8 nitrogen and oxygen atoms in total. The third-order valence-electron chi connectivity index (χ3n) is 5.36. The smallest absolute Gasteiger partial charge is 0.417 e. The van der Waals surface area contributed by atoms with Crippen LogP contribution in [0.25, 0.3) is 10.9 Å². The standard InChI is InChI=1S/C25H29N3O5/c1-16(2)12-22(24(30)31)28(25(32)33-15-17-8-4-3-5-9-17)23(29)20(26)13-18-14-27-21-11-7-6-10-19(18)21/h3-11,14,16,20,22,27H,12-13,15,26H2,1-2H3,(H,30,31). The molecule has 0 aliphatic rings. The molecule has 33 heavy (non-hydrogen) atoms. The van der Waals surface area contributed by atoms with Crippen LogP contribution in [0.2, 0.25) is 0 Å². The van der Waals surface area contributed by atoms with Gasteiger partial charge in [0.15, 0.2) is 0 Å². The van der Waals surface area contributed by atoms with Crippen LogP contribution in [-0.2, 0) is 27.4 Å². The number of aliphatic carboxylic acids is 1. The molecule has 1 heterocycles. The van der Waals surface area contributed by atoms with Crippen molar-refractivity contribution < 1.29 is 24.2 Å². The molecule has 0 aliphatic heterocycles. The number of carboxylic acid groups (broad SMARTS) is 1. The van der Waals surface area contributed by atoms with Crippen molar-refractivity contribution in [2.45, 2.75) is 45.4 Å². The van der Waals surface area contributed by atoms with E-state index in [0.717, 1.165) is 22.0 Å². The first-order chi connectivity index (χ1) is 15.8. The lowest BCUT2D eigenvalue weighted by molar-refractivity contribution is -0.150. The molecule has 2 amide bonds. The third-order valence-corrected chi connectivity index (χ3v) is 5.36. The number of rotatable bonds is 9. The number of fused-ring (bicyclic) bond motifs is 1. The van der Waals surface area contributed by atoms with Crippen LogP contribution in [-0.4, -0.2) is 45.0 Å². The Kier molecular flexibility index (Phi) is 7.84. The number of aromatic amines is 1. The third kappa shape index (κ3) is 5.98. The Morgan fingerprint density at radius 3 is 2.39 bits per heavy atom. The van der Waals surface area contributed by atoms with E-state index in [2.05, 4.69) is 4.98 Å². The maximum atomic E-state index is 13.3. The SMILES string of the molecule is CC(C)CC(C(=O)O)N(C(=O)OCc1ccccc1)C(=O)C(N)Cc1c[nH]c2ccccc12. The summed E-state index contributed by atoms with van der Waals surface area (Å²) in [6, 6.07) is 14.0. The van der Waals surface area contributed by atoms with Crippen LogP contribution in [0, 0.1) is 5.92 Å². The molecule has 0 aliphatic carbocycles. The number of aromatic nitrogens is 1. The van der Waals surface area contributed by atoms with Crippen LogP contribution in [0.15, 0.2) is 60.8 Å². The number of nitrogens with one attached hydrogen (secondary N) is 1. The van der Waals surface area contributed by atoms with Gasteiger partial charge in [-0.25, -0.2) is 14.5 Å². The zero-order valence-electron chi connectivity index (χ0n) is 18.7. The summed E-state index contributed by atoms with van der Waals surface area (Å²) >= 11 is 0. The second-order valence-corrected chi connectivity index (χ2v) is 8.40. The quantitative estimate of drug-likeness (QED) is 0.455. The predicted molar refractivity (Wildman–Crippen MR) is 124 cm³/mol. The molecule has 4 N–H and O–H groups in total. The lowest BCUT2D eigenvalue weighted by Gasteiger charge is -2.29. The van der Waals surface area contributed by atoms with Gasteiger partial charge >= 0.3 is 12.1 Å². The van der Waals surface area contributed by atoms with Gasteiger partial charge in [0, 0.05) is 17.1 Å². The predicted octanol–water partition coefficient (Wildman–Crippen LogP) is 3.70. The molecule has 0 spiro atoms. The molecule has 2 aromatic carbocycles. The summed E-state index contributed by atoms with van der Waals surface area (Å²) in [6.07, 6.45) is 0.963. The topological polar surface area (TPSA) is 126 Å². The molecule has 0 fully saturated rings. The van der Waals surface area contributed by atoms with Crippen molar-refractivity contribution in [3.05, 3.63) is 71.9 Å². The van der Waals surface area contributed by atoms with Crippen LogP contribution in [0.1, 0.15) is 31.4 Å². The van der Waals surface area contributed by atoms with Gasteiger partial charge in [-0.3, -0.25) is 4.79 Å². The van der Waals surface area contributed by atoms with E-state index >= 15 is 0 Å². The van der Waals surface area contributed by atoms with E-state index in [1.807, 2.05) is 44.2 Å². The number of ether oxygens (including phenoxy) is 1. The second kappa shape index (κ2) is 10.8. The van der Waals surface area contributed by atoms with Gasteiger partial charge in [0.05, 0.1) is 6.04 Å². The first-order valence-corrected chi connectivity index (χ1v) is 10.8. The van der Waals surface area contributed by atoms with Crippen molar-refractivity contribution in [1.82, 2.24) is 9.88 Å². The van der Waals surface area contributed by atoms with E-state index in [1.54, 1.807) is 30.5 Å². The van der Waals surface area contributed by atoms with Crippen LogP contribution < -0.4 is 5.73 Å². The maximum absolute atomic E-state index is 13.3. The van der Waals surface area contributed by atoms with E-state index in [9.17, 15) is 19.5 Å². The molecule has 174 valence electrons. The van der Waals surface area contributed by atoms with Gasteiger partial charge < -0.3 is 20.6 Å². The van der Waals surface area contributed by atoms with Crippen molar-refractivity contribution in [1.29, 1.82) is 0 Å². The highest BCUT2D eigenvalue weighted by Gasteiger charge is 2.38. The highest BCUT2D eigenvalue weighted by Crippen LogP contribution is 2.21. The van der Waals surface area contributed by atoms with Crippen molar-refractivity contribution >= 4 is 28.9 Å². The normalized spacial score (nSPS) is 13.0. The van der Waals surface area contributed by atoms with Crippen LogP contribution >= 0.6 is 0 Å². The zero-order valence-corrected chi connectivity index (χ0v) is 18.7. The zero-order chi connectivity index (χ0) is 24.0. The molecule has 2 atom stereocenters. The number of hydrogen-bond donors (Lipinski definition) is 3. The Morgan fingerprint density at radius 2 is 1.73 bits per heavy atom. The van der Waals surface area contributed by atoms with Gasteiger partial charge in [-0.2, -0.15) is 0 Å². The molecule has 8 heteroatoms. The Bertz CT molecular complexity index is 1110. The average Bonchev–Trinajstić information content (AvgIpc) is 3.20. The molecular weight excluding hydrogens is 422 g/mol. The fourth-order valence-electron chi connectivity index (χ4n) is 3.73. The molecule has 1 aromatic heterocycles. The molecule has 3 aromatic rings. The summed E-state index contributed by atoms with van der Waals surface area (Å²) in [4.78, 5) is 42.1. The number of benzene rings is 2. The van der Waals surface area contributed by atoms with Gasteiger partial charge in [0.1, 0.15) is 12.6 Å². The minimum atomic E-state index is -1.38. The number of carboxylic acids is 1. The van der Waals surface area contributed by atoms with Gasteiger partial charge in [-0.1, -0.05) is 62.4 Å². The Labute approximate surface area is 192 Å². The number of nitrogens with two attached hydrogens (primary N) is 1. The number of nitrogens with zero attached hydrogens (tertiary/aromatic N) is 1. The van der Waals surface area contributed by atoms with Crippen LogP contribution in [0.5, 0.6) is 0 Å². The summed E-state index contributed by atoms with van der Waals surface area (Å²) in [5.74, 6) is -2.15. The number of para-hydroxylation sites is 1. The van der Waals surface area contributed by atoms with Crippen molar-refractivity contribution in [2.24, 2.45) is 11.7 Å². The number of hydrogen-bond acceptors (Lipinski definition) is 5. The molecule has 0 saturated carbocycles. The van der Waals surface area contributed by atoms with E-state index in [4.69, 9.17) is 10.5 Å². The Hall–Kier alpha value is -3.65. The first-order valence-electron chi connectivity index (χ1n) is 10.8. The largest absolute Gasteiger partial charge is 0.480 e. The number of H-pyrrole nitrogens is 1. The monoisotopic (exact) mass is 451 g/mol. The molecule has 0 saturated heterocycles. The molecule has 2 unspecified atom stereocenters. The number of carbonyl (C=O) groups is 3. The minimum absolute atomic E-state index is 0.0758. The van der Waals surface area contributed by atoms with E-state index in [0.29, 0.717) is 4.90 Å². The number of amides is 2. The molecular formula is C25H29N3O5.